The molecule has 0 bridgehead atoms. The van der Waals surface area contributed by atoms with Crippen molar-refractivity contribution in [3.8, 4) is 5.75 Å². The van der Waals surface area contributed by atoms with Crippen molar-refractivity contribution in [2.75, 3.05) is 5.75 Å². The average Bonchev–Trinajstić information content (AvgIpc) is 3.03. The molecule has 194 valence electrons. The molecule has 0 amide bonds. The Bertz CT molecular complexity index is 1550. The van der Waals surface area contributed by atoms with Crippen LogP contribution in [-0.4, -0.2) is 21.8 Å². The molecule has 0 aliphatic carbocycles. The number of nitrogens with zero attached hydrogens (tertiary/aromatic N) is 1. The Kier molecular flexibility index (Phi) is 7.12. The molecule has 1 N–H and O–H groups in total. The lowest BCUT2D eigenvalue weighted by molar-refractivity contribution is -0.140. The first-order valence-electron chi connectivity index (χ1n) is 11.7. The molecule has 38 heavy (non-hydrogen) atoms. The minimum absolute atomic E-state index is 0.0344. The van der Waals surface area contributed by atoms with Gasteiger partial charge in [0, 0.05) is 16.7 Å². The number of benzene rings is 3. The molecular weight excluding hydrogens is 518 g/mol. The van der Waals surface area contributed by atoms with Crippen molar-refractivity contribution < 1.29 is 32.2 Å². The number of pyridine rings is 1. The number of aromatic nitrogens is 1. The van der Waals surface area contributed by atoms with E-state index in [4.69, 9.17) is 9.84 Å². The zero-order chi connectivity index (χ0) is 26.9. The van der Waals surface area contributed by atoms with E-state index in [0.717, 1.165) is 34.4 Å². The Morgan fingerprint density at radius 2 is 1.87 bits per heavy atom. The third kappa shape index (κ3) is 5.52. The minimum atomic E-state index is -4.81. The van der Waals surface area contributed by atoms with E-state index in [1.54, 1.807) is 18.2 Å². The second-order valence-electron chi connectivity index (χ2n) is 8.77. The number of alkyl halides is 3. The molecule has 9 heteroatoms. The maximum absolute atomic E-state index is 13.9. The molecule has 5 rings (SSSR count). The number of rotatable bonds is 6. The van der Waals surface area contributed by atoms with Gasteiger partial charge in [0.25, 0.3) is 0 Å². The SMILES string of the molecule is O=C(O)CCSC1c2ccccc2COc2ccc(C=Cc3ccc4cc(F)c(C(F)(F)F)cc4n3)cc21. The molecular formula is C29H21F4NO3S. The van der Waals surface area contributed by atoms with Gasteiger partial charge in [-0.1, -0.05) is 42.5 Å². The first-order chi connectivity index (χ1) is 18.2. The van der Waals surface area contributed by atoms with Gasteiger partial charge in [-0.3, -0.25) is 4.79 Å². The Morgan fingerprint density at radius 3 is 2.66 bits per heavy atom. The highest BCUT2D eigenvalue weighted by Crippen LogP contribution is 2.45. The Morgan fingerprint density at radius 1 is 1.05 bits per heavy atom. The minimum Gasteiger partial charge on any atom is -0.489 e. The van der Waals surface area contributed by atoms with Crippen LogP contribution < -0.4 is 4.74 Å². The van der Waals surface area contributed by atoms with Gasteiger partial charge < -0.3 is 9.84 Å². The molecule has 1 aliphatic rings. The van der Waals surface area contributed by atoms with E-state index < -0.39 is 23.5 Å². The van der Waals surface area contributed by atoms with Crippen LogP contribution in [0.3, 0.4) is 0 Å². The molecule has 0 spiro atoms. The van der Waals surface area contributed by atoms with Crippen LogP contribution in [0.5, 0.6) is 5.75 Å². The van der Waals surface area contributed by atoms with E-state index in [1.807, 2.05) is 42.5 Å². The van der Waals surface area contributed by atoms with E-state index in [1.165, 1.54) is 17.8 Å². The van der Waals surface area contributed by atoms with Crippen molar-refractivity contribution >= 4 is 40.8 Å². The normalized spacial score (nSPS) is 15.1. The second-order valence-corrected chi connectivity index (χ2v) is 9.98. The molecule has 3 aromatic carbocycles. The largest absolute Gasteiger partial charge is 0.489 e. The highest BCUT2D eigenvalue weighted by molar-refractivity contribution is 7.99. The third-order valence-electron chi connectivity index (χ3n) is 6.19. The number of halogens is 4. The predicted molar refractivity (Wildman–Crippen MR) is 139 cm³/mol. The monoisotopic (exact) mass is 539 g/mol. The number of hydrogen-bond acceptors (Lipinski definition) is 4. The summed E-state index contributed by atoms with van der Waals surface area (Å²) in [5, 5.41) is 9.26. The van der Waals surface area contributed by atoms with Crippen molar-refractivity contribution in [1.29, 1.82) is 0 Å². The molecule has 0 saturated heterocycles. The van der Waals surface area contributed by atoms with E-state index >= 15 is 0 Å². The number of carboxylic acids is 1. The van der Waals surface area contributed by atoms with Crippen molar-refractivity contribution in [2.45, 2.75) is 24.5 Å². The van der Waals surface area contributed by atoms with Gasteiger partial charge in [0.05, 0.1) is 28.4 Å². The Balaban J connectivity index is 1.47. The van der Waals surface area contributed by atoms with Crippen molar-refractivity contribution in [3.05, 3.63) is 106 Å². The molecule has 1 aliphatic heterocycles. The average molecular weight is 540 g/mol. The molecule has 0 fully saturated rings. The lowest BCUT2D eigenvalue weighted by Gasteiger charge is -2.19. The lowest BCUT2D eigenvalue weighted by atomic mass is 9.98. The lowest BCUT2D eigenvalue weighted by Crippen LogP contribution is -2.08. The maximum atomic E-state index is 13.9. The van der Waals surface area contributed by atoms with E-state index in [-0.39, 0.29) is 22.6 Å². The van der Waals surface area contributed by atoms with Crippen molar-refractivity contribution in [2.24, 2.45) is 0 Å². The first kappa shape index (κ1) is 25.8. The topological polar surface area (TPSA) is 59.4 Å². The molecule has 1 unspecified atom stereocenters. The molecule has 1 atom stereocenters. The van der Waals surface area contributed by atoms with Gasteiger partial charge in [-0.05, 0) is 53.1 Å². The number of aliphatic carboxylic acids is 1. The van der Waals surface area contributed by atoms with E-state index in [2.05, 4.69) is 4.98 Å². The van der Waals surface area contributed by atoms with Crippen LogP contribution in [0, 0.1) is 5.82 Å². The highest BCUT2D eigenvalue weighted by Gasteiger charge is 2.34. The maximum Gasteiger partial charge on any atom is 0.419 e. The van der Waals surface area contributed by atoms with Crippen LogP contribution in [0.1, 0.15) is 45.2 Å². The van der Waals surface area contributed by atoms with Crippen LogP contribution >= 0.6 is 11.8 Å². The molecule has 2 heterocycles. The fourth-order valence-electron chi connectivity index (χ4n) is 4.35. The van der Waals surface area contributed by atoms with Crippen LogP contribution in [0.25, 0.3) is 23.1 Å². The Hall–Kier alpha value is -3.85. The predicted octanol–water partition coefficient (Wildman–Crippen LogP) is 7.75. The summed E-state index contributed by atoms with van der Waals surface area (Å²) in [6.45, 7) is 0.399. The summed E-state index contributed by atoms with van der Waals surface area (Å²) >= 11 is 1.53. The summed E-state index contributed by atoms with van der Waals surface area (Å²) in [4.78, 5) is 15.4. The number of carbonyl (C=O) groups is 1. The summed E-state index contributed by atoms with van der Waals surface area (Å²) in [5.41, 5.74) is 2.92. The number of thioether (sulfide) groups is 1. The fraction of sp³-hybridized carbons (Fsp3) is 0.172. The zero-order valence-corrected chi connectivity index (χ0v) is 20.7. The van der Waals surface area contributed by atoms with Gasteiger partial charge >= 0.3 is 12.1 Å². The molecule has 0 radical (unpaired) electrons. The number of ether oxygens (including phenoxy) is 1. The van der Waals surface area contributed by atoms with E-state index in [9.17, 15) is 22.4 Å². The van der Waals surface area contributed by atoms with Gasteiger partial charge in [0.2, 0.25) is 0 Å². The molecule has 0 saturated carbocycles. The summed E-state index contributed by atoms with van der Waals surface area (Å²) in [6, 6.07) is 18.3. The summed E-state index contributed by atoms with van der Waals surface area (Å²) in [7, 11) is 0. The van der Waals surface area contributed by atoms with Crippen LogP contribution in [0.4, 0.5) is 17.6 Å². The van der Waals surface area contributed by atoms with E-state index in [0.29, 0.717) is 23.8 Å². The third-order valence-corrected chi connectivity index (χ3v) is 7.47. The van der Waals surface area contributed by atoms with Crippen molar-refractivity contribution in [1.82, 2.24) is 4.98 Å². The van der Waals surface area contributed by atoms with Gasteiger partial charge in [-0.25, -0.2) is 9.37 Å². The summed E-state index contributed by atoms with van der Waals surface area (Å²) in [6.07, 6.45) is -1.31. The molecule has 4 nitrogen and oxygen atoms in total. The number of fused-ring (bicyclic) bond motifs is 3. The quantitative estimate of drug-likeness (QED) is 0.254. The van der Waals surface area contributed by atoms with Gasteiger partial charge in [0.1, 0.15) is 18.2 Å². The van der Waals surface area contributed by atoms with Crippen LogP contribution in [0.15, 0.2) is 66.7 Å². The second kappa shape index (κ2) is 10.5. The number of carboxylic acid groups (broad SMARTS) is 1. The zero-order valence-electron chi connectivity index (χ0n) is 19.8. The van der Waals surface area contributed by atoms with Gasteiger partial charge in [-0.2, -0.15) is 13.2 Å². The van der Waals surface area contributed by atoms with Crippen LogP contribution in [-0.2, 0) is 17.6 Å². The van der Waals surface area contributed by atoms with Crippen molar-refractivity contribution in [3.63, 3.8) is 0 Å². The van der Waals surface area contributed by atoms with Crippen LogP contribution in [0.2, 0.25) is 0 Å². The Labute approximate surface area is 220 Å². The highest BCUT2D eigenvalue weighted by atomic mass is 32.2. The molecule has 1 aromatic heterocycles. The smallest absolute Gasteiger partial charge is 0.419 e. The molecule has 4 aromatic rings. The standard InChI is InChI=1S/C29H21F4NO3S/c30-24-14-18-7-9-20(34-25(18)15-23(24)29(31,32)33)8-5-17-6-10-26-22(13-17)28(38-12-11-27(35)36)21-4-2-1-3-19(21)16-37-26/h1-10,13-15,28H,11-12,16H2,(H,35,36). The van der Waals surface area contributed by atoms with Gasteiger partial charge in [0.15, 0.2) is 0 Å². The summed E-state index contributed by atoms with van der Waals surface area (Å²) < 4.78 is 59.3. The van der Waals surface area contributed by atoms with Gasteiger partial charge in [-0.15, -0.1) is 11.8 Å². The summed E-state index contributed by atoms with van der Waals surface area (Å²) in [5.74, 6) is -1.06. The number of hydrogen-bond donors (Lipinski definition) is 1. The first-order valence-corrected chi connectivity index (χ1v) is 12.8. The fourth-order valence-corrected chi connectivity index (χ4v) is 5.65.